The third-order valence-corrected chi connectivity index (χ3v) is 6.93. The predicted octanol–water partition coefficient (Wildman–Crippen LogP) is 2.65. The van der Waals surface area contributed by atoms with Crippen LogP contribution in [0.2, 0.25) is 0 Å². The van der Waals surface area contributed by atoms with Gasteiger partial charge in [-0.25, -0.2) is 4.79 Å². The number of urea groups is 1. The van der Waals surface area contributed by atoms with Crippen LogP contribution in [-0.4, -0.2) is 71.4 Å². The van der Waals surface area contributed by atoms with Crippen molar-refractivity contribution in [2.45, 2.75) is 50.6 Å². The maximum Gasteiger partial charge on any atom is 0.327 e. The number of methoxy groups -OCH3 is 1. The van der Waals surface area contributed by atoms with Gasteiger partial charge in [0.1, 0.15) is 5.54 Å². The van der Waals surface area contributed by atoms with Crippen LogP contribution in [0.5, 0.6) is 0 Å². The van der Waals surface area contributed by atoms with Gasteiger partial charge in [0, 0.05) is 33.3 Å². The van der Waals surface area contributed by atoms with E-state index in [1.54, 1.807) is 16.9 Å². The normalized spacial score (nSPS) is 21.4. The van der Waals surface area contributed by atoms with Gasteiger partial charge in [0.2, 0.25) is 5.91 Å². The first-order valence-electron chi connectivity index (χ1n) is 11.0. The first-order valence-corrected chi connectivity index (χ1v) is 11.0. The largest absolute Gasteiger partial charge is 0.384 e. The van der Waals surface area contributed by atoms with E-state index in [9.17, 15) is 14.4 Å². The van der Waals surface area contributed by atoms with Crippen molar-refractivity contribution in [3.05, 3.63) is 35.9 Å². The Balaban J connectivity index is 1.54. The van der Waals surface area contributed by atoms with E-state index >= 15 is 0 Å². The number of hydrogen-bond acceptors (Lipinski definition) is 4. The quantitative estimate of drug-likeness (QED) is 0.645. The molecule has 0 unspecified atom stereocenters. The SMILES string of the molecule is COCCC(=O)N1CCC2(CC1)C(=O)N(CC1CCC1)C(=O)N2Cc1ccccc1. The molecule has 4 rings (SSSR count). The second-order valence-electron chi connectivity index (χ2n) is 8.72. The summed E-state index contributed by atoms with van der Waals surface area (Å²) in [6, 6.07) is 9.66. The minimum absolute atomic E-state index is 0.0457. The van der Waals surface area contributed by atoms with Crippen LogP contribution in [0, 0.1) is 5.92 Å². The Labute approximate surface area is 177 Å². The van der Waals surface area contributed by atoms with Gasteiger partial charge in [0.25, 0.3) is 5.91 Å². The van der Waals surface area contributed by atoms with E-state index < -0.39 is 5.54 Å². The summed E-state index contributed by atoms with van der Waals surface area (Å²) in [5.41, 5.74) is 0.177. The lowest BCUT2D eigenvalue weighted by Gasteiger charge is -2.42. The number of nitrogens with zero attached hydrogens (tertiary/aromatic N) is 3. The number of imide groups is 1. The number of amides is 4. The standard InChI is InChI=1S/C23H31N3O4/c1-30-15-10-20(27)24-13-11-23(12-14-24)21(28)25(16-18-8-5-9-18)22(29)26(23)17-19-6-3-2-4-7-19/h2-4,6-7,18H,5,8-17H2,1H3. The average molecular weight is 414 g/mol. The lowest BCUT2D eigenvalue weighted by Crippen LogP contribution is -2.57. The molecule has 3 aliphatic rings. The minimum atomic E-state index is -0.839. The summed E-state index contributed by atoms with van der Waals surface area (Å²) >= 11 is 0. The van der Waals surface area contributed by atoms with Crippen molar-refractivity contribution in [3.63, 3.8) is 0 Å². The maximum atomic E-state index is 13.6. The lowest BCUT2D eigenvalue weighted by atomic mass is 9.83. The summed E-state index contributed by atoms with van der Waals surface area (Å²) in [4.78, 5) is 44.4. The van der Waals surface area contributed by atoms with Crippen molar-refractivity contribution in [1.29, 1.82) is 0 Å². The fourth-order valence-electron chi connectivity index (χ4n) is 4.82. The molecular formula is C23H31N3O4. The summed E-state index contributed by atoms with van der Waals surface area (Å²) in [6.45, 7) is 2.33. The van der Waals surface area contributed by atoms with Gasteiger partial charge in [0.05, 0.1) is 13.0 Å². The molecular weight excluding hydrogens is 382 g/mol. The Hall–Kier alpha value is -2.41. The molecule has 30 heavy (non-hydrogen) atoms. The molecule has 1 aliphatic carbocycles. The molecule has 1 aromatic rings. The summed E-state index contributed by atoms with van der Waals surface area (Å²) in [5, 5.41) is 0. The molecule has 0 N–H and O–H groups in total. The molecule has 2 heterocycles. The van der Waals surface area contributed by atoms with Gasteiger partial charge in [-0.05, 0) is 37.2 Å². The first-order chi connectivity index (χ1) is 14.5. The van der Waals surface area contributed by atoms with Crippen LogP contribution in [0.1, 0.15) is 44.1 Å². The molecule has 2 saturated heterocycles. The summed E-state index contributed by atoms with van der Waals surface area (Å²) in [7, 11) is 1.58. The van der Waals surface area contributed by atoms with Gasteiger partial charge < -0.3 is 14.5 Å². The van der Waals surface area contributed by atoms with Crippen LogP contribution in [0.25, 0.3) is 0 Å². The number of piperidine rings is 1. The number of benzene rings is 1. The van der Waals surface area contributed by atoms with Crippen molar-refractivity contribution in [2.75, 3.05) is 33.4 Å². The molecule has 0 atom stereocenters. The summed E-state index contributed by atoms with van der Waals surface area (Å²) in [6.07, 6.45) is 4.68. The van der Waals surface area contributed by atoms with E-state index in [1.165, 1.54) is 11.3 Å². The fraction of sp³-hybridized carbons (Fsp3) is 0.609. The molecule has 1 spiro atoms. The number of carbonyl (C=O) groups is 3. The zero-order valence-electron chi connectivity index (χ0n) is 17.7. The number of ether oxygens (including phenoxy) is 1. The molecule has 4 amide bonds. The Kier molecular flexibility index (Phi) is 6.09. The Morgan fingerprint density at radius 2 is 1.83 bits per heavy atom. The Morgan fingerprint density at radius 3 is 2.43 bits per heavy atom. The zero-order chi connectivity index (χ0) is 21.1. The Morgan fingerprint density at radius 1 is 1.13 bits per heavy atom. The topological polar surface area (TPSA) is 70.2 Å². The van der Waals surface area contributed by atoms with E-state index in [4.69, 9.17) is 4.74 Å². The highest BCUT2D eigenvalue weighted by Crippen LogP contribution is 2.40. The second-order valence-corrected chi connectivity index (χ2v) is 8.72. The van der Waals surface area contributed by atoms with Crippen LogP contribution in [-0.2, 0) is 20.9 Å². The molecule has 1 saturated carbocycles. The molecule has 7 heteroatoms. The third kappa shape index (κ3) is 3.83. The highest BCUT2D eigenvalue weighted by Gasteiger charge is 2.58. The molecule has 7 nitrogen and oxygen atoms in total. The lowest BCUT2D eigenvalue weighted by molar-refractivity contribution is -0.142. The third-order valence-electron chi connectivity index (χ3n) is 6.93. The number of rotatable bonds is 7. The molecule has 2 aliphatic heterocycles. The summed E-state index contributed by atoms with van der Waals surface area (Å²) in [5.74, 6) is 0.408. The van der Waals surface area contributed by atoms with Gasteiger partial charge >= 0.3 is 6.03 Å². The molecule has 0 radical (unpaired) electrons. The molecule has 162 valence electrons. The van der Waals surface area contributed by atoms with Gasteiger partial charge in [-0.15, -0.1) is 0 Å². The number of carbonyl (C=O) groups excluding carboxylic acids is 3. The van der Waals surface area contributed by atoms with Crippen LogP contribution in [0.4, 0.5) is 4.79 Å². The highest BCUT2D eigenvalue weighted by atomic mass is 16.5. The smallest absolute Gasteiger partial charge is 0.327 e. The van der Waals surface area contributed by atoms with Crippen molar-refractivity contribution in [2.24, 2.45) is 5.92 Å². The molecule has 1 aromatic carbocycles. The molecule has 3 fully saturated rings. The number of likely N-dealkylation sites (tertiary alicyclic amines) is 1. The van der Waals surface area contributed by atoms with E-state index in [-0.39, 0.29) is 17.8 Å². The van der Waals surface area contributed by atoms with E-state index in [2.05, 4.69) is 0 Å². The van der Waals surface area contributed by atoms with Crippen molar-refractivity contribution in [1.82, 2.24) is 14.7 Å². The van der Waals surface area contributed by atoms with Gasteiger partial charge in [-0.1, -0.05) is 36.8 Å². The fourth-order valence-corrected chi connectivity index (χ4v) is 4.82. The maximum absolute atomic E-state index is 13.6. The van der Waals surface area contributed by atoms with Crippen molar-refractivity contribution in [3.8, 4) is 0 Å². The van der Waals surface area contributed by atoms with E-state index in [0.717, 1.165) is 18.4 Å². The second kappa shape index (κ2) is 8.76. The summed E-state index contributed by atoms with van der Waals surface area (Å²) < 4.78 is 5.02. The predicted molar refractivity (Wildman–Crippen MR) is 111 cm³/mol. The van der Waals surface area contributed by atoms with Crippen LogP contribution in [0.15, 0.2) is 30.3 Å². The van der Waals surface area contributed by atoms with Crippen LogP contribution in [0.3, 0.4) is 0 Å². The Bertz CT molecular complexity index is 785. The zero-order valence-corrected chi connectivity index (χ0v) is 17.7. The van der Waals surface area contributed by atoms with Crippen molar-refractivity contribution < 1.29 is 19.1 Å². The number of hydrogen-bond donors (Lipinski definition) is 0. The molecule has 0 bridgehead atoms. The monoisotopic (exact) mass is 413 g/mol. The van der Waals surface area contributed by atoms with E-state index in [1.807, 2.05) is 30.3 Å². The highest BCUT2D eigenvalue weighted by molar-refractivity contribution is 6.07. The minimum Gasteiger partial charge on any atom is -0.384 e. The van der Waals surface area contributed by atoms with E-state index in [0.29, 0.717) is 58.0 Å². The van der Waals surface area contributed by atoms with Gasteiger partial charge in [-0.3, -0.25) is 14.5 Å². The van der Waals surface area contributed by atoms with Crippen LogP contribution >= 0.6 is 0 Å². The van der Waals surface area contributed by atoms with Crippen LogP contribution < -0.4 is 0 Å². The van der Waals surface area contributed by atoms with Gasteiger partial charge in [0.15, 0.2) is 0 Å². The van der Waals surface area contributed by atoms with Gasteiger partial charge in [-0.2, -0.15) is 0 Å². The average Bonchev–Trinajstić information content (AvgIpc) is 2.92. The molecule has 0 aromatic heterocycles. The van der Waals surface area contributed by atoms with Crippen molar-refractivity contribution >= 4 is 17.8 Å². The first kappa shape index (κ1) is 20.8.